The van der Waals surface area contributed by atoms with Gasteiger partial charge in [0, 0.05) is 12.5 Å². The second-order valence-electron chi connectivity index (χ2n) is 17.2. The molecule has 2 bridgehead atoms. The number of aliphatic carboxylic acids is 1. The zero-order chi connectivity index (χ0) is 29.8. The van der Waals surface area contributed by atoms with Crippen LogP contribution in [-0.2, 0) is 19.1 Å². The highest BCUT2D eigenvalue weighted by atomic mass is 16.5. The van der Waals surface area contributed by atoms with Crippen molar-refractivity contribution in [3.05, 3.63) is 11.6 Å². The molecular weight excluding hydrogens is 526 g/mol. The van der Waals surface area contributed by atoms with Gasteiger partial charge in [-0.2, -0.15) is 0 Å². The van der Waals surface area contributed by atoms with Crippen LogP contribution in [0.25, 0.3) is 0 Å². The van der Waals surface area contributed by atoms with Crippen LogP contribution in [-0.4, -0.2) is 53.5 Å². The van der Waals surface area contributed by atoms with Gasteiger partial charge in [0.2, 0.25) is 0 Å². The van der Waals surface area contributed by atoms with Crippen molar-refractivity contribution in [3.8, 4) is 0 Å². The zero-order valence-corrected chi connectivity index (χ0v) is 26.6. The molecule has 232 valence electrons. The Bertz CT molecular complexity index is 1200. The summed E-state index contributed by atoms with van der Waals surface area (Å²) in [6.07, 6.45) is 12.7. The Morgan fingerprint density at radius 2 is 1.57 bits per heavy atom. The number of carbonyl (C=O) groups is 3. The highest BCUT2D eigenvalue weighted by Gasteiger charge is 2.67. The normalized spacial score (nSPS) is 50.8. The van der Waals surface area contributed by atoms with E-state index in [2.05, 4.69) is 39.5 Å². The van der Waals surface area contributed by atoms with Gasteiger partial charge in [0.25, 0.3) is 0 Å². The molecule has 42 heavy (non-hydrogen) atoms. The fourth-order valence-electron chi connectivity index (χ4n) is 12.7. The predicted octanol–water partition coefficient (Wildman–Crippen LogP) is 6.53. The van der Waals surface area contributed by atoms with Gasteiger partial charge in [-0.05, 0) is 135 Å². The number of hydrogen-bond donors (Lipinski definition) is 1. The van der Waals surface area contributed by atoms with Crippen LogP contribution >= 0.6 is 0 Å². The molecule has 8 aliphatic rings. The van der Waals surface area contributed by atoms with Gasteiger partial charge in [0.1, 0.15) is 6.10 Å². The molecule has 3 saturated heterocycles. The third-order valence-corrected chi connectivity index (χ3v) is 15.0. The fourth-order valence-corrected chi connectivity index (χ4v) is 12.7. The largest absolute Gasteiger partial charge is 0.481 e. The van der Waals surface area contributed by atoms with Crippen LogP contribution in [0.15, 0.2) is 11.6 Å². The molecular formula is C36H53NO5. The number of carboxylic acids is 1. The number of nitrogens with zero attached hydrogens (tertiary/aromatic N) is 1. The summed E-state index contributed by atoms with van der Waals surface area (Å²) in [5, 5.41) is 9.87. The van der Waals surface area contributed by atoms with Crippen molar-refractivity contribution in [1.82, 2.24) is 4.90 Å². The van der Waals surface area contributed by atoms with Crippen LogP contribution in [0.1, 0.15) is 105 Å². The molecule has 3 heterocycles. The van der Waals surface area contributed by atoms with Crippen molar-refractivity contribution < 1.29 is 24.2 Å². The van der Waals surface area contributed by atoms with Crippen molar-refractivity contribution in [2.24, 2.45) is 63.1 Å². The minimum absolute atomic E-state index is 0.00290. The summed E-state index contributed by atoms with van der Waals surface area (Å²) in [6.45, 7) is 14.9. The topological polar surface area (TPSA) is 83.9 Å². The highest BCUT2D eigenvalue weighted by molar-refractivity contribution is 5.95. The average Bonchev–Trinajstić information content (AvgIpc) is 2.92. The zero-order valence-electron chi connectivity index (χ0n) is 26.6. The van der Waals surface area contributed by atoms with Gasteiger partial charge in [-0.3, -0.25) is 19.3 Å². The number of allylic oxidation sites excluding steroid dienone is 2. The molecule has 0 aromatic heterocycles. The molecule has 6 nitrogen and oxygen atoms in total. The lowest BCUT2D eigenvalue weighted by Gasteiger charge is -2.67. The molecule has 0 aromatic rings. The third-order valence-electron chi connectivity index (χ3n) is 15.0. The van der Waals surface area contributed by atoms with E-state index in [1.807, 2.05) is 6.08 Å². The number of carboxylic acid groups (broad SMARTS) is 1. The van der Waals surface area contributed by atoms with E-state index in [1.54, 1.807) is 0 Å². The van der Waals surface area contributed by atoms with Gasteiger partial charge in [0.05, 0.1) is 11.8 Å². The maximum atomic E-state index is 14.4. The van der Waals surface area contributed by atoms with E-state index in [9.17, 15) is 19.5 Å². The van der Waals surface area contributed by atoms with Gasteiger partial charge in [0.15, 0.2) is 5.78 Å². The molecule has 10 atom stereocenters. The van der Waals surface area contributed by atoms with Crippen LogP contribution < -0.4 is 0 Å². The summed E-state index contributed by atoms with van der Waals surface area (Å²) in [6, 6.07) is 0. The summed E-state index contributed by atoms with van der Waals surface area (Å²) >= 11 is 0. The number of ether oxygens (including phenoxy) is 1. The Labute approximate surface area is 252 Å². The van der Waals surface area contributed by atoms with Gasteiger partial charge < -0.3 is 9.84 Å². The van der Waals surface area contributed by atoms with Crippen molar-refractivity contribution in [2.45, 2.75) is 111 Å². The molecule has 0 aromatic carbocycles. The van der Waals surface area contributed by atoms with Crippen molar-refractivity contribution in [1.29, 1.82) is 0 Å². The van der Waals surface area contributed by atoms with Crippen LogP contribution in [0, 0.1) is 63.1 Å². The molecule has 0 spiro atoms. The molecule has 8 rings (SSSR count). The van der Waals surface area contributed by atoms with Gasteiger partial charge >= 0.3 is 11.9 Å². The SMILES string of the molecule is CC12CCC(C(=O)O)CC1C1=CC(=O)C3C(C)(CCC4C(C)(C)C(C(=O)OC5CN6CCC5CC6)CCC43C)C1CC2. The lowest BCUT2D eigenvalue weighted by molar-refractivity contribution is -0.194. The maximum absolute atomic E-state index is 14.4. The maximum Gasteiger partial charge on any atom is 0.309 e. The van der Waals surface area contributed by atoms with Crippen LogP contribution in [0.2, 0.25) is 0 Å². The minimum Gasteiger partial charge on any atom is -0.481 e. The Morgan fingerprint density at radius 1 is 0.881 bits per heavy atom. The Hall–Kier alpha value is -1.69. The summed E-state index contributed by atoms with van der Waals surface area (Å²) in [7, 11) is 0. The lowest BCUT2D eigenvalue weighted by atomic mass is 9.36. The monoisotopic (exact) mass is 579 g/mol. The van der Waals surface area contributed by atoms with E-state index in [4.69, 9.17) is 4.74 Å². The highest BCUT2D eigenvalue weighted by Crippen LogP contribution is 2.71. The van der Waals surface area contributed by atoms with Gasteiger partial charge in [-0.1, -0.05) is 40.2 Å². The summed E-state index contributed by atoms with van der Waals surface area (Å²) < 4.78 is 6.32. The van der Waals surface area contributed by atoms with Crippen molar-refractivity contribution in [2.75, 3.05) is 19.6 Å². The number of piperidine rings is 3. The van der Waals surface area contributed by atoms with E-state index in [1.165, 1.54) is 5.57 Å². The number of carbonyl (C=O) groups excluding carboxylic acids is 2. The molecule has 5 aliphatic carbocycles. The first-order valence-corrected chi connectivity index (χ1v) is 17.2. The average molecular weight is 580 g/mol. The lowest BCUT2D eigenvalue weighted by Crippen LogP contribution is -2.64. The summed E-state index contributed by atoms with van der Waals surface area (Å²) in [5.41, 5.74) is 0.901. The number of fused-ring (bicyclic) bond motifs is 10. The number of rotatable bonds is 3. The van der Waals surface area contributed by atoms with Crippen molar-refractivity contribution in [3.63, 3.8) is 0 Å². The molecule has 6 heteroatoms. The van der Waals surface area contributed by atoms with Crippen LogP contribution in [0.3, 0.4) is 0 Å². The second kappa shape index (κ2) is 9.65. The number of hydrogen-bond acceptors (Lipinski definition) is 5. The van der Waals surface area contributed by atoms with Gasteiger partial charge in [-0.15, -0.1) is 0 Å². The number of ketones is 1. The molecule has 4 saturated carbocycles. The fraction of sp³-hybridized carbons (Fsp3) is 0.861. The van der Waals surface area contributed by atoms with Gasteiger partial charge in [-0.25, -0.2) is 0 Å². The molecule has 0 radical (unpaired) electrons. The second-order valence-corrected chi connectivity index (χ2v) is 17.2. The molecule has 7 fully saturated rings. The first kappa shape index (κ1) is 29.0. The van der Waals surface area contributed by atoms with Crippen LogP contribution in [0.5, 0.6) is 0 Å². The Morgan fingerprint density at radius 3 is 2.24 bits per heavy atom. The van der Waals surface area contributed by atoms with E-state index in [0.717, 1.165) is 83.8 Å². The summed E-state index contributed by atoms with van der Waals surface area (Å²) in [5.74, 6) is 0.505. The van der Waals surface area contributed by atoms with E-state index >= 15 is 0 Å². The molecule has 1 N–H and O–H groups in total. The number of esters is 1. The minimum atomic E-state index is -0.676. The third kappa shape index (κ3) is 4.08. The van der Waals surface area contributed by atoms with E-state index in [-0.39, 0.29) is 63.2 Å². The first-order valence-electron chi connectivity index (χ1n) is 17.2. The van der Waals surface area contributed by atoms with E-state index in [0.29, 0.717) is 24.2 Å². The predicted molar refractivity (Wildman–Crippen MR) is 160 cm³/mol. The molecule has 0 amide bonds. The standard InChI is InChI=1S/C36H53NO5/c1-33(2)25(32(41)42-28-20-37-16-10-21(28)11-17-37)8-14-36(5)29(33)9-15-35(4)24-7-13-34(3)12-6-22(31(39)40)18-26(34)23(24)19-27(38)30(35)36/h19,21-22,24-26,28-30H,6-18,20H2,1-5H3,(H,39,40). The Balaban J connectivity index is 1.16. The van der Waals surface area contributed by atoms with Crippen LogP contribution in [0.4, 0.5) is 0 Å². The smallest absolute Gasteiger partial charge is 0.309 e. The molecule has 10 unspecified atom stereocenters. The molecule has 3 aliphatic heterocycles. The summed E-state index contributed by atoms with van der Waals surface area (Å²) in [4.78, 5) is 42.7. The van der Waals surface area contributed by atoms with E-state index < -0.39 is 5.97 Å². The first-order chi connectivity index (χ1) is 19.8. The quantitative estimate of drug-likeness (QED) is 0.383. The van der Waals surface area contributed by atoms with Crippen molar-refractivity contribution >= 4 is 17.7 Å². The Kier molecular flexibility index (Phi) is 6.68.